The third-order valence-corrected chi connectivity index (χ3v) is 10.8. The number of aliphatic hydroxyl groups is 1. The maximum Gasteiger partial charge on any atom is 0.335 e. The van der Waals surface area contributed by atoms with Crippen molar-refractivity contribution >= 4 is 17.6 Å². The minimum Gasteiger partial charge on any atom is -0.496 e. The lowest BCUT2D eigenvalue weighted by atomic mass is 9.45. The molecule has 6 rings (SSSR count). The second-order valence-electron chi connectivity index (χ2n) is 13.6. The number of carbonyl (C=O) groups excluding carboxylic acids is 1. The first-order valence-corrected chi connectivity index (χ1v) is 15.3. The summed E-state index contributed by atoms with van der Waals surface area (Å²) in [6, 6.07) is 10.9. The quantitative estimate of drug-likeness (QED) is 0.390. The van der Waals surface area contributed by atoms with Crippen molar-refractivity contribution in [2.75, 3.05) is 32.6 Å². The highest BCUT2D eigenvalue weighted by molar-refractivity contribution is 5.92. The average Bonchev–Trinajstić information content (AvgIpc) is 3.37. The van der Waals surface area contributed by atoms with Gasteiger partial charge in [0.1, 0.15) is 5.75 Å². The molecule has 42 heavy (non-hydrogen) atoms. The number of rotatable bonds is 9. The van der Waals surface area contributed by atoms with Crippen molar-refractivity contribution in [1.82, 2.24) is 10.2 Å². The fourth-order valence-electron chi connectivity index (χ4n) is 8.08. The monoisotopic (exact) mass is 577 g/mol. The molecule has 0 radical (unpaired) electrons. The summed E-state index contributed by atoms with van der Waals surface area (Å²) in [5.41, 5.74) is 3.80. The van der Waals surface area contributed by atoms with E-state index < -0.39 is 18.1 Å². The normalized spacial score (nSPS) is 29.0. The van der Waals surface area contributed by atoms with Crippen LogP contribution in [0.2, 0.25) is 0 Å². The second-order valence-corrected chi connectivity index (χ2v) is 13.6. The number of aromatic carboxylic acids is 1. The van der Waals surface area contributed by atoms with E-state index in [0.29, 0.717) is 42.0 Å². The lowest BCUT2D eigenvalue weighted by molar-refractivity contribution is -0.139. The predicted octanol–water partition coefficient (Wildman–Crippen LogP) is 4.88. The van der Waals surface area contributed by atoms with Crippen LogP contribution in [0.1, 0.15) is 62.9 Å². The lowest BCUT2D eigenvalue weighted by Crippen LogP contribution is -2.62. The summed E-state index contributed by atoms with van der Waals surface area (Å²) in [6.45, 7) is 9.97. The van der Waals surface area contributed by atoms with Crippen LogP contribution in [-0.4, -0.2) is 72.9 Å². The van der Waals surface area contributed by atoms with E-state index in [1.54, 1.807) is 26.2 Å². The van der Waals surface area contributed by atoms with Crippen molar-refractivity contribution in [2.45, 2.75) is 71.7 Å². The Labute approximate surface area is 250 Å². The number of nitrogens with one attached hydrogen (secondary N) is 1. The van der Waals surface area contributed by atoms with Gasteiger partial charge in [-0.05, 0) is 79.7 Å². The summed E-state index contributed by atoms with van der Waals surface area (Å²) in [5.74, 6) is 1.24. The highest BCUT2D eigenvalue weighted by Gasteiger charge is 2.57. The van der Waals surface area contributed by atoms with Crippen LogP contribution in [0.15, 0.2) is 36.4 Å². The van der Waals surface area contributed by atoms with E-state index in [9.17, 15) is 19.8 Å². The first-order valence-electron chi connectivity index (χ1n) is 15.3. The number of anilines is 1. The first-order chi connectivity index (χ1) is 19.8. The number of carboxylic acids is 1. The zero-order valence-electron chi connectivity index (χ0n) is 26.1. The van der Waals surface area contributed by atoms with E-state index in [1.807, 2.05) is 43.3 Å². The number of carboxylic acid groups (broad SMARTS) is 1. The molecule has 8 heteroatoms. The summed E-state index contributed by atoms with van der Waals surface area (Å²) in [4.78, 5) is 29.9. The van der Waals surface area contributed by atoms with Crippen molar-refractivity contribution in [3.05, 3.63) is 47.5 Å². The molecule has 228 valence electrons. The van der Waals surface area contributed by atoms with Gasteiger partial charge in [0.2, 0.25) is 5.91 Å². The molecule has 0 aromatic heterocycles. The van der Waals surface area contributed by atoms with Crippen molar-refractivity contribution in [3.63, 3.8) is 0 Å². The van der Waals surface area contributed by atoms with E-state index in [4.69, 9.17) is 4.74 Å². The van der Waals surface area contributed by atoms with Crippen molar-refractivity contribution in [2.24, 2.45) is 29.1 Å². The van der Waals surface area contributed by atoms with E-state index in [1.165, 1.54) is 6.42 Å². The van der Waals surface area contributed by atoms with Gasteiger partial charge in [-0.3, -0.25) is 9.69 Å². The third kappa shape index (κ3) is 5.39. The highest BCUT2D eigenvalue weighted by Crippen LogP contribution is 2.61. The van der Waals surface area contributed by atoms with Gasteiger partial charge in [-0.15, -0.1) is 0 Å². The number of hydrogen-bond donors (Lipinski definition) is 3. The topological polar surface area (TPSA) is 102 Å². The van der Waals surface area contributed by atoms with Gasteiger partial charge in [0.15, 0.2) is 0 Å². The van der Waals surface area contributed by atoms with Gasteiger partial charge in [0.25, 0.3) is 0 Å². The number of benzene rings is 2. The second kappa shape index (κ2) is 11.5. The third-order valence-electron chi connectivity index (χ3n) is 10.8. The number of fused-ring (bicyclic) bond motifs is 2. The van der Waals surface area contributed by atoms with Gasteiger partial charge in [0.05, 0.1) is 24.8 Å². The Morgan fingerprint density at radius 3 is 2.52 bits per heavy atom. The number of nitrogens with zero attached hydrogens (tertiary/aromatic N) is 2. The molecule has 1 unspecified atom stereocenters. The molecule has 4 aliphatic rings. The summed E-state index contributed by atoms with van der Waals surface area (Å²) < 4.78 is 5.95. The maximum absolute atomic E-state index is 13.9. The van der Waals surface area contributed by atoms with Crippen LogP contribution < -0.4 is 15.0 Å². The SMILES string of the molecule is COc1c(CN2CC[C@@H]([C@H](C)O)[C@H]2C(=O)NC2C[C@H]3C[C@@H]([C@@H]2C)C3(C)C)cccc1-c1cc(C(=O)O)cc(N(C)C)c1. The van der Waals surface area contributed by atoms with Crippen LogP contribution in [0.25, 0.3) is 11.1 Å². The minimum absolute atomic E-state index is 0.00858. The summed E-state index contributed by atoms with van der Waals surface area (Å²) in [6.07, 6.45) is 2.41. The molecular weight excluding hydrogens is 530 g/mol. The van der Waals surface area contributed by atoms with Gasteiger partial charge < -0.3 is 25.2 Å². The van der Waals surface area contributed by atoms with Crippen LogP contribution in [-0.2, 0) is 11.3 Å². The summed E-state index contributed by atoms with van der Waals surface area (Å²) in [5, 5.41) is 23.9. The highest BCUT2D eigenvalue weighted by atomic mass is 16.5. The van der Waals surface area contributed by atoms with Gasteiger partial charge >= 0.3 is 5.97 Å². The summed E-state index contributed by atoms with van der Waals surface area (Å²) in [7, 11) is 5.39. The molecule has 1 aliphatic heterocycles. The Morgan fingerprint density at radius 1 is 1.19 bits per heavy atom. The smallest absolute Gasteiger partial charge is 0.335 e. The van der Waals surface area contributed by atoms with E-state index in [-0.39, 0.29) is 23.4 Å². The molecule has 0 spiro atoms. The Kier molecular flexibility index (Phi) is 8.33. The molecule has 1 saturated heterocycles. The minimum atomic E-state index is -0.988. The maximum atomic E-state index is 13.9. The molecule has 1 amide bonds. The van der Waals surface area contributed by atoms with E-state index >= 15 is 0 Å². The lowest BCUT2D eigenvalue weighted by Gasteiger charge is -2.62. The standard InChI is InChI=1S/C34H47N3O5/c1-19-28-16-24(34(28,3)4)17-29(19)35-32(39)30-26(20(2)38)11-12-37(30)18-21-9-8-10-27(31(21)42-7)22-13-23(33(40)41)15-25(14-22)36(5)6/h8-10,13-15,19-20,24,26,28-30,38H,11-12,16-18H2,1-7H3,(H,35,39)(H,40,41)/t19-,20-,24+,26-,28-,29?,30-/m0/s1. The summed E-state index contributed by atoms with van der Waals surface area (Å²) >= 11 is 0. The van der Waals surface area contributed by atoms with Crippen molar-refractivity contribution in [1.29, 1.82) is 0 Å². The van der Waals surface area contributed by atoms with Crippen molar-refractivity contribution < 1.29 is 24.5 Å². The van der Waals surface area contributed by atoms with Crippen molar-refractivity contribution in [3.8, 4) is 16.9 Å². The zero-order valence-corrected chi connectivity index (χ0v) is 26.1. The Morgan fingerprint density at radius 2 is 1.93 bits per heavy atom. The molecule has 3 saturated carbocycles. The number of hydrogen-bond acceptors (Lipinski definition) is 6. The van der Waals surface area contributed by atoms with Crippen LogP contribution in [0.5, 0.6) is 5.75 Å². The molecule has 2 aromatic rings. The fourth-order valence-corrected chi connectivity index (χ4v) is 8.08. The molecular formula is C34H47N3O5. The molecule has 2 bridgehead atoms. The van der Waals surface area contributed by atoms with E-state index in [2.05, 4.69) is 31.0 Å². The predicted molar refractivity (Wildman–Crippen MR) is 165 cm³/mol. The number of ether oxygens (including phenoxy) is 1. The first kappa shape index (κ1) is 30.4. The molecule has 3 aliphatic carbocycles. The van der Waals surface area contributed by atoms with Crippen LogP contribution in [0.4, 0.5) is 5.69 Å². The molecule has 2 aromatic carbocycles. The Hall–Kier alpha value is -3.10. The number of aliphatic hydroxyl groups excluding tert-OH is 1. The number of carbonyl (C=O) groups is 2. The molecule has 4 fully saturated rings. The Bertz CT molecular complexity index is 1340. The average molecular weight is 578 g/mol. The number of para-hydroxylation sites is 1. The fraction of sp³-hybridized carbons (Fsp3) is 0.588. The largest absolute Gasteiger partial charge is 0.496 e. The van der Waals surface area contributed by atoms with E-state index in [0.717, 1.165) is 35.2 Å². The van der Waals surface area contributed by atoms with Crippen LogP contribution in [0, 0.1) is 29.1 Å². The van der Waals surface area contributed by atoms with Gasteiger partial charge in [-0.25, -0.2) is 4.79 Å². The molecule has 1 heterocycles. The van der Waals surface area contributed by atoms with Gasteiger partial charge in [0, 0.05) is 49.4 Å². The number of likely N-dealkylation sites (tertiary alicyclic amines) is 1. The molecule has 8 nitrogen and oxygen atoms in total. The van der Waals surface area contributed by atoms with Crippen LogP contribution >= 0.6 is 0 Å². The molecule has 3 N–H and O–H groups in total. The number of methoxy groups -OCH3 is 1. The molecule has 7 atom stereocenters. The van der Waals surface area contributed by atoms with Crippen LogP contribution in [0.3, 0.4) is 0 Å². The van der Waals surface area contributed by atoms with Gasteiger partial charge in [-0.2, -0.15) is 0 Å². The zero-order chi connectivity index (χ0) is 30.5. The Balaban J connectivity index is 1.42. The van der Waals surface area contributed by atoms with Gasteiger partial charge in [-0.1, -0.05) is 39.0 Å². The number of amides is 1.